The minimum absolute atomic E-state index is 0.0190. The summed E-state index contributed by atoms with van der Waals surface area (Å²) in [6.07, 6.45) is 4.34. The Bertz CT molecular complexity index is 606. The second-order valence-corrected chi connectivity index (χ2v) is 6.92. The first kappa shape index (κ1) is 18.4. The molecule has 0 aromatic heterocycles. The molecule has 2 rings (SSSR count). The second kappa shape index (κ2) is 8.22. The number of ether oxygens (including phenoxy) is 1. The number of nitrogens with one attached hydrogen (secondary N) is 1. The van der Waals surface area contributed by atoms with Crippen LogP contribution in [-0.4, -0.2) is 24.5 Å². The van der Waals surface area contributed by atoms with Crippen molar-refractivity contribution in [3.63, 3.8) is 0 Å². The average Bonchev–Trinajstić information content (AvgIpc) is 2.51. The van der Waals surface area contributed by atoms with E-state index in [4.69, 9.17) is 39.5 Å². The lowest BCUT2D eigenvalue weighted by Gasteiger charge is -2.29. The van der Waals surface area contributed by atoms with Gasteiger partial charge in [-0.15, -0.1) is 0 Å². The largest absolute Gasteiger partial charge is 0.452 e. The van der Waals surface area contributed by atoms with E-state index < -0.39 is 5.97 Å². The Labute approximate surface area is 150 Å². The minimum Gasteiger partial charge on any atom is -0.452 e. The van der Waals surface area contributed by atoms with E-state index in [1.807, 2.05) is 0 Å². The van der Waals surface area contributed by atoms with Crippen LogP contribution in [0.15, 0.2) is 12.1 Å². The van der Waals surface area contributed by atoms with Gasteiger partial charge in [0.25, 0.3) is 5.91 Å². The fourth-order valence-electron chi connectivity index (χ4n) is 2.70. The number of hydrogen-bond acceptors (Lipinski definition) is 3. The number of carbonyl (C=O) groups excluding carboxylic acids is 2. The van der Waals surface area contributed by atoms with Gasteiger partial charge in [-0.3, -0.25) is 4.79 Å². The smallest absolute Gasteiger partial charge is 0.341 e. The predicted molar refractivity (Wildman–Crippen MR) is 91.3 cm³/mol. The fraction of sp³-hybridized carbons (Fsp3) is 0.500. The molecular formula is C16H18Cl3NO3. The van der Waals surface area contributed by atoms with Crippen molar-refractivity contribution in [2.75, 3.05) is 6.61 Å². The quantitative estimate of drug-likeness (QED) is 0.620. The molecule has 126 valence electrons. The molecule has 2 unspecified atom stereocenters. The van der Waals surface area contributed by atoms with Crippen LogP contribution in [0.1, 0.15) is 43.0 Å². The number of esters is 1. The van der Waals surface area contributed by atoms with Crippen LogP contribution in [0.2, 0.25) is 15.1 Å². The van der Waals surface area contributed by atoms with Crippen LogP contribution in [0, 0.1) is 5.92 Å². The molecule has 0 heterocycles. The summed E-state index contributed by atoms with van der Waals surface area (Å²) >= 11 is 17.8. The van der Waals surface area contributed by atoms with Crippen LogP contribution in [0.3, 0.4) is 0 Å². The van der Waals surface area contributed by atoms with Gasteiger partial charge in [-0.1, -0.05) is 54.6 Å². The van der Waals surface area contributed by atoms with Crippen LogP contribution >= 0.6 is 34.8 Å². The van der Waals surface area contributed by atoms with E-state index in [0.29, 0.717) is 5.92 Å². The van der Waals surface area contributed by atoms with E-state index in [1.165, 1.54) is 18.6 Å². The Kier molecular flexibility index (Phi) is 6.57. The molecule has 1 amide bonds. The molecule has 1 aliphatic rings. The summed E-state index contributed by atoms with van der Waals surface area (Å²) in [6.45, 7) is 1.74. The van der Waals surface area contributed by atoms with E-state index >= 15 is 0 Å². The highest BCUT2D eigenvalue weighted by molar-refractivity contribution is 6.46. The van der Waals surface area contributed by atoms with Crippen LogP contribution in [0.5, 0.6) is 0 Å². The molecule has 0 aliphatic heterocycles. The van der Waals surface area contributed by atoms with Crippen LogP contribution in [0.25, 0.3) is 0 Å². The Morgan fingerprint density at radius 2 is 1.83 bits per heavy atom. The van der Waals surface area contributed by atoms with Gasteiger partial charge in [0.1, 0.15) is 0 Å². The van der Waals surface area contributed by atoms with Crippen molar-refractivity contribution in [2.45, 2.75) is 38.6 Å². The molecule has 2 atom stereocenters. The predicted octanol–water partition coefficient (Wildman–Crippen LogP) is 4.50. The SMILES string of the molecule is CC1CCCCC1NC(=O)COC(=O)c1c(Cl)ccc(Cl)c1Cl. The van der Waals surface area contributed by atoms with Gasteiger partial charge in [0.2, 0.25) is 0 Å². The third-order valence-corrected chi connectivity index (χ3v) is 5.16. The number of hydrogen-bond donors (Lipinski definition) is 1. The molecule has 23 heavy (non-hydrogen) atoms. The van der Waals surface area contributed by atoms with Gasteiger partial charge in [-0.25, -0.2) is 4.79 Å². The first-order valence-electron chi connectivity index (χ1n) is 7.50. The van der Waals surface area contributed by atoms with E-state index in [1.54, 1.807) is 0 Å². The third-order valence-electron chi connectivity index (χ3n) is 4.04. The first-order chi connectivity index (χ1) is 10.9. The Balaban J connectivity index is 1.91. The zero-order valence-electron chi connectivity index (χ0n) is 12.7. The molecule has 0 saturated heterocycles. The highest BCUT2D eigenvalue weighted by Crippen LogP contribution is 2.31. The van der Waals surface area contributed by atoms with Gasteiger partial charge in [0.15, 0.2) is 6.61 Å². The summed E-state index contributed by atoms with van der Waals surface area (Å²) in [6, 6.07) is 3.07. The summed E-state index contributed by atoms with van der Waals surface area (Å²) < 4.78 is 5.00. The van der Waals surface area contributed by atoms with Crippen molar-refractivity contribution in [1.82, 2.24) is 5.32 Å². The molecule has 1 N–H and O–H groups in total. The zero-order chi connectivity index (χ0) is 17.0. The van der Waals surface area contributed by atoms with Gasteiger partial charge < -0.3 is 10.1 Å². The monoisotopic (exact) mass is 377 g/mol. The second-order valence-electron chi connectivity index (χ2n) is 5.73. The lowest BCUT2D eigenvalue weighted by molar-refractivity contribution is -0.125. The number of halogens is 3. The topological polar surface area (TPSA) is 55.4 Å². The molecule has 0 spiro atoms. The van der Waals surface area contributed by atoms with Gasteiger partial charge in [-0.05, 0) is 30.9 Å². The van der Waals surface area contributed by atoms with Gasteiger partial charge in [0, 0.05) is 6.04 Å². The first-order valence-corrected chi connectivity index (χ1v) is 8.63. The average molecular weight is 379 g/mol. The van der Waals surface area contributed by atoms with Crippen LogP contribution < -0.4 is 5.32 Å². The normalized spacial score (nSPS) is 20.9. The molecule has 1 aromatic rings. The summed E-state index contributed by atoms with van der Waals surface area (Å²) in [5.74, 6) is -0.666. The van der Waals surface area contributed by atoms with Crippen molar-refractivity contribution >= 4 is 46.7 Å². The molecule has 1 fully saturated rings. The molecule has 1 saturated carbocycles. The Morgan fingerprint density at radius 3 is 2.52 bits per heavy atom. The third kappa shape index (κ3) is 4.75. The van der Waals surface area contributed by atoms with Crippen LogP contribution in [0.4, 0.5) is 0 Å². The molecule has 1 aromatic carbocycles. The van der Waals surface area contributed by atoms with Crippen molar-refractivity contribution in [2.24, 2.45) is 5.92 Å². The van der Waals surface area contributed by atoms with Crippen LogP contribution in [-0.2, 0) is 9.53 Å². The highest BCUT2D eigenvalue weighted by Gasteiger charge is 2.24. The van der Waals surface area contributed by atoms with Crippen molar-refractivity contribution in [3.05, 3.63) is 32.8 Å². The molecule has 4 nitrogen and oxygen atoms in total. The van der Waals surface area contributed by atoms with E-state index in [9.17, 15) is 9.59 Å². The summed E-state index contributed by atoms with van der Waals surface area (Å²) in [7, 11) is 0. The van der Waals surface area contributed by atoms with E-state index in [-0.39, 0.29) is 39.2 Å². The molecule has 1 aliphatic carbocycles. The maximum Gasteiger partial charge on any atom is 0.341 e. The lowest BCUT2D eigenvalue weighted by atomic mass is 9.86. The number of carbonyl (C=O) groups is 2. The summed E-state index contributed by atoms with van der Waals surface area (Å²) in [5.41, 5.74) is -0.0281. The summed E-state index contributed by atoms with van der Waals surface area (Å²) in [5, 5.41) is 3.25. The Hall–Kier alpha value is -0.970. The highest BCUT2D eigenvalue weighted by atomic mass is 35.5. The minimum atomic E-state index is -0.769. The maximum absolute atomic E-state index is 12.1. The van der Waals surface area contributed by atoms with Crippen molar-refractivity contribution in [3.8, 4) is 0 Å². The number of rotatable bonds is 4. The molecule has 0 bridgehead atoms. The van der Waals surface area contributed by atoms with Gasteiger partial charge >= 0.3 is 5.97 Å². The molecule has 0 radical (unpaired) electrons. The van der Waals surface area contributed by atoms with Crippen molar-refractivity contribution in [1.29, 1.82) is 0 Å². The number of benzene rings is 1. The number of amides is 1. The maximum atomic E-state index is 12.1. The molecular weight excluding hydrogens is 361 g/mol. The fourth-order valence-corrected chi connectivity index (χ4v) is 3.38. The van der Waals surface area contributed by atoms with E-state index in [2.05, 4.69) is 12.2 Å². The van der Waals surface area contributed by atoms with Gasteiger partial charge in [-0.2, -0.15) is 0 Å². The summed E-state index contributed by atoms with van der Waals surface area (Å²) in [4.78, 5) is 24.0. The standard InChI is InChI=1S/C16H18Cl3NO3/c1-9-4-2-3-5-12(9)20-13(21)8-23-16(22)14-10(17)6-7-11(18)15(14)19/h6-7,9,12H,2-5,8H2,1H3,(H,20,21). The zero-order valence-corrected chi connectivity index (χ0v) is 15.0. The van der Waals surface area contributed by atoms with Gasteiger partial charge in [0.05, 0.1) is 20.6 Å². The lowest BCUT2D eigenvalue weighted by Crippen LogP contribution is -2.42. The van der Waals surface area contributed by atoms with Crippen molar-refractivity contribution < 1.29 is 14.3 Å². The Morgan fingerprint density at radius 1 is 1.17 bits per heavy atom. The van der Waals surface area contributed by atoms with E-state index in [0.717, 1.165) is 19.3 Å². The molecule has 7 heteroatoms.